The van der Waals surface area contributed by atoms with Crippen molar-refractivity contribution < 1.29 is 5.11 Å². The SMILES string of the molecule is CC(C)CC(O)c1ccc(I)c(Cl)c1. The summed E-state index contributed by atoms with van der Waals surface area (Å²) < 4.78 is 1.02. The largest absolute Gasteiger partial charge is 0.388 e. The van der Waals surface area contributed by atoms with Gasteiger partial charge in [-0.3, -0.25) is 0 Å². The van der Waals surface area contributed by atoms with Gasteiger partial charge in [0.05, 0.1) is 11.1 Å². The highest BCUT2D eigenvalue weighted by atomic mass is 127. The van der Waals surface area contributed by atoms with E-state index < -0.39 is 6.10 Å². The lowest BCUT2D eigenvalue weighted by Crippen LogP contribution is -2.01. The molecule has 1 N–H and O–H groups in total. The third kappa shape index (κ3) is 3.41. The molecular formula is C11H14ClIO. The molecule has 14 heavy (non-hydrogen) atoms. The first-order chi connectivity index (χ1) is 6.50. The Morgan fingerprint density at radius 1 is 1.43 bits per heavy atom. The van der Waals surface area contributed by atoms with Crippen LogP contribution >= 0.6 is 34.2 Å². The molecule has 1 rings (SSSR count). The minimum atomic E-state index is -0.399. The molecule has 3 heteroatoms. The van der Waals surface area contributed by atoms with Crippen LogP contribution in [0.5, 0.6) is 0 Å². The minimum absolute atomic E-state index is 0.399. The van der Waals surface area contributed by atoms with Crippen molar-refractivity contribution in [3.63, 3.8) is 0 Å². The van der Waals surface area contributed by atoms with Gasteiger partial charge >= 0.3 is 0 Å². The molecule has 0 aliphatic rings. The van der Waals surface area contributed by atoms with Crippen molar-refractivity contribution in [1.29, 1.82) is 0 Å². The number of hydrogen-bond acceptors (Lipinski definition) is 1. The van der Waals surface area contributed by atoms with E-state index in [9.17, 15) is 5.11 Å². The zero-order chi connectivity index (χ0) is 10.7. The van der Waals surface area contributed by atoms with E-state index >= 15 is 0 Å². The van der Waals surface area contributed by atoms with Gasteiger partial charge in [0.2, 0.25) is 0 Å². The Morgan fingerprint density at radius 3 is 2.57 bits per heavy atom. The van der Waals surface area contributed by atoms with Gasteiger partial charge in [-0.1, -0.05) is 31.5 Å². The van der Waals surface area contributed by atoms with Crippen LogP contribution in [0.1, 0.15) is 31.9 Å². The third-order valence-corrected chi connectivity index (χ3v) is 3.60. The predicted octanol–water partition coefficient (Wildman–Crippen LogP) is 4.02. The van der Waals surface area contributed by atoms with Gasteiger partial charge in [0, 0.05) is 3.57 Å². The summed E-state index contributed by atoms with van der Waals surface area (Å²) in [5.74, 6) is 0.489. The van der Waals surface area contributed by atoms with Crippen LogP contribution in [0, 0.1) is 9.49 Å². The Morgan fingerprint density at radius 2 is 2.07 bits per heavy atom. The summed E-state index contributed by atoms with van der Waals surface area (Å²) in [7, 11) is 0. The van der Waals surface area contributed by atoms with E-state index in [-0.39, 0.29) is 0 Å². The second kappa shape index (κ2) is 5.33. The molecule has 78 valence electrons. The molecule has 0 heterocycles. The monoisotopic (exact) mass is 324 g/mol. The highest BCUT2D eigenvalue weighted by Gasteiger charge is 2.10. The van der Waals surface area contributed by atoms with Crippen LogP contribution in [0.15, 0.2) is 18.2 Å². The molecule has 1 aromatic rings. The van der Waals surface area contributed by atoms with Crippen LogP contribution < -0.4 is 0 Å². The van der Waals surface area contributed by atoms with Crippen molar-refractivity contribution in [2.75, 3.05) is 0 Å². The minimum Gasteiger partial charge on any atom is -0.388 e. The molecule has 0 aliphatic carbocycles. The second-order valence-corrected chi connectivity index (χ2v) is 5.39. The van der Waals surface area contributed by atoms with Crippen molar-refractivity contribution in [3.05, 3.63) is 32.4 Å². The lowest BCUT2D eigenvalue weighted by molar-refractivity contribution is 0.151. The number of hydrogen-bond donors (Lipinski definition) is 1. The second-order valence-electron chi connectivity index (χ2n) is 3.82. The van der Waals surface area contributed by atoms with Crippen LogP contribution in [0.2, 0.25) is 5.02 Å². The number of benzene rings is 1. The van der Waals surface area contributed by atoms with Gasteiger partial charge in [-0.05, 0) is 52.6 Å². The first-order valence-electron chi connectivity index (χ1n) is 4.63. The van der Waals surface area contributed by atoms with Gasteiger partial charge in [0.15, 0.2) is 0 Å². The number of aliphatic hydroxyl groups is 1. The smallest absolute Gasteiger partial charge is 0.0793 e. The summed E-state index contributed by atoms with van der Waals surface area (Å²) >= 11 is 8.15. The Balaban J connectivity index is 2.80. The summed E-state index contributed by atoms with van der Waals surface area (Å²) in [5, 5.41) is 10.6. The standard InChI is InChI=1S/C11H14ClIO/c1-7(2)5-11(14)8-3-4-10(13)9(12)6-8/h3-4,6-7,11,14H,5H2,1-2H3. The highest BCUT2D eigenvalue weighted by molar-refractivity contribution is 14.1. The van der Waals surface area contributed by atoms with Crippen LogP contribution in [0.3, 0.4) is 0 Å². The van der Waals surface area contributed by atoms with Gasteiger partial charge in [-0.15, -0.1) is 0 Å². The van der Waals surface area contributed by atoms with Crippen molar-refractivity contribution in [2.24, 2.45) is 5.92 Å². The van der Waals surface area contributed by atoms with Crippen molar-refractivity contribution in [2.45, 2.75) is 26.4 Å². The van der Waals surface area contributed by atoms with Gasteiger partial charge in [0.25, 0.3) is 0 Å². The van der Waals surface area contributed by atoms with Gasteiger partial charge in [0.1, 0.15) is 0 Å². The molecule has 0 spiro atoms. The molecule has 1 unspecified atom stereocenters. The van der Waals surface area contributed by atoms with Crippen LogP contribution in [0.25, 0.3) is 0 Å². The number of halogens is 2. The molecule has 0 amide bonds. The Labute approximate surface area is 104 Å². The third-order valence-electron chi connectivity index (χ3n) is 2.02. The van der Waals surface area contributed by atoms with Crippen molar-refractivity contribution in [1.82, 2.24) is 0 Å². The zero-order valence-corrected chi connectivity index (χ0v) is 11.2. The average Bonchev–Trinajstić information content (AvgIpc) is 2.08. The molecule has 0 fully saturated rings. The summed E-state index contributed by atoms with van der Waals surface area (Å²) in [6.07, 6.45) is 0.376. The molecule has 0 aromatic heterocycles. The van der Waals surface area contributed by atoms with Crippen molar-refractivity contribution in [3.8, 4) is 0 Å². The fourth-order valence-electron chi connectivity index (χ4n) is 1.30. The molecule has 0 saturated heterocycles. The summed E-state index contributed by atoms with van der Waals surface area (Å²) in [5.41, 5.74) is 0.907. The first-order valence-corrected chi connectivity index (χ1v) is 6.09. The van der Waals surface area contributed by atoms with Gasteiger partial charge in [-0.2, -0.15) is 0 Å². The summed E-state index contributed by atoms with van der Waals surface area (Å²) in [6, 6.07) is 5.71. The van der Waals surface area contributed by atoms with E-state index in [1.54, 1.807) is 0 Å². The van der Waals surface area contributed by atoms with E-state index in [4.69, 9.17) is 11.6 Å². The molecule has 0 aliphatic heterocycles. The zero-order valence-electron chi connectivity index (χ0n) is 8.30. The molecule has 1 nitrogen and oxygen atoms in total. The maximum atomic E-state index is 9.85. The molecule has 1 atom stereocenters. The van der Waals surface area contributed by atoms with Gasteiger partial charge in [-0.25, -0.2) is 0 Å². The lowest BCUT2D eigenvalue weighted by atomic mass is 10.00. The summed E-state index contributed by atoms with van der Waals surface area (Å²) in [4.78, 5) is 0. The van der Waals surface area contributed by atoms with E-state index in [0.717, 1.165) is 15.6 Å². The lowest BCUT2D eigenvalue weighted by Gasteiger charge is -2.13. The van der Waals surface area contributed by atoms with Crippen LogP contribution in [-0.4, -0.2) is 5.11 Å². The maximum absolute atomic E-state index is 9.85. The summed E-state index contributed by atoms with van der Waals surface area (Å²) in [6.45, 7) is 4.19. The molecule has 0 saturated carbocycles. The molecule has 0 bridgehead atoms. The Kier molecular flexibility index (Phi) is 4.67. The Hall–Kier alpha value is 0.200. The topological polar surface area (TPSA) is 20.2 Å². The fourth-order valence-corrected chi connectivity index (χ4v) is 1.83. The molecule has 1 aromatic carbocycles. The van der Waals surface area contributed by atoms with E-state index in [2.05, 4.69) is 36.4 Å². The first kappa shape index (κ1) is 12.3. The van der Waals surface area contributed by atoms with Crippen LogP contribution in [0.4, 0.5) is 0 Å². The number of aliphatic hydroxyl groups excluding tert-OH is 1. The van der Waals surface area contributed by atoms with E-state index in [1.165, 1.54) is 0 Å². The predicted molar refractivity (Wildman–Crippen MR) is 68.6 cm³/mol. The maximum Gasteiger partial charge on any atom is 0.0793 e. The van der Waals surface area contributed by atoms with Gasteiger partial charge < -0.3 is 5.11 Å². The molecular weight excluding hydrogens is 310 g/mol. The van der Waals surface area contributed by atoms with Crippen molar-refractivity contribution >= 4 is 34.2 Å². The van der Waals surface area contributed by atoms with Crippen LogP contribution in [-0.2, 0) is 0 Å². The van der Waals surface area contributed by atoms with E-state index in [1.807, 2.05) is 18.2 Å². The quantitative estimate of drug-likeness (QED) is 0.833. The highest BCUT2D eigenvalue weighted by Crippen LogP contribution is 2.26. The molecule has 0 radical (unpaired) electrons. The normalized spacial score (nSPS) is 13.3. The number of rotatable bonds is 3. The fraction of sp³-hybridized carbons (Fsp3) is 0.455. The Bertz CT molecular complexity index is 312. The van der Waals surface area contributed by atoms with E-state index in [0.29, 0.717) is 10.9 Å². The average molecular weight is 325 g/mol.